The van der Waals surface area contributed by atoms with Gasteiger partial charge in [0.1, 0.15) is 5.75 Å². The van der Waals surface area contributed by atoms with E-state index in [2.05, 4.69) is 42.2 Å². The molecule has 0 bridgehead atoms. The second-order valence-electron chi connectivity index (χ2n) is 8.44. The predicted octanol–water partition coefficient (Wildman–Crippen LogP) is 5.50. The summed E-state index contributed by atoms with van der Waals surface area (Å²) in [6.45, 7) is 5.70. The van der Waals surface area contributed by atoms with Crippen molar-refractivity contribution in [3.05, 3.63) is 65.2 Å². The summed E-state index contributed by atoms with van der Waals surface area (Å²) in [5.74, 6) is 1.15. The Kier molecular flexibility index (Phi) is 6.49. The van der Waals surface area contributed by atoms with Gasteiger partial charge in [0.2, 0.25) is 0 Å². The Hall–Kier alpha value is -1.51. The third-order valence-corrected chi connectivity index (χ3v) is 6.82. The molecule has 2 fully saturated rings. The number of hydrogen-bond donors (Lipinski definition) is 1. The van der Waals surface area contributed by atoms with Gasteiger partial charge in [-0.25, -0.2) is 0 Å². The normalized spacial score (nSPS) is 25.4. The molecule has 2 aliphatic rings. The molecule has 27 heavy (non-hydrogen) atoms. The van der Waals surface area contributed by atoms with Crippen LogP contribution in [0.2, 0.25) is 0 Å². The minimum Gasteiger partial charge on any atom is -0.508 e. The smallest absolute Gasteiger partial charge is 0.115 e. The summed E-state index contributed by atoms with van der Waals surface area (Å²) >= 11 is 0. The molecule has 2 aromatic carbocycles. The van der Waals surface area contributed by atoms with E-state index in [0.717, 1.165) is 18.9 Å². The zero-order valence-corrected chi connectivity index (χ0v) is 17.2. The summed E-state index contributed by atoms with van der Waals surface area (Å²) in [7, 11) is 0. The zero-order valence-electron chi connectivity index (χ0n) is 16.4. The van der Waals surface area contributed by atoms with Gasteiger partial charge in [-0.3, -0.25) is 0 Å². The van der Waals surface area contributed by atoms with Crippen LogP contribution in [-0.4, -0.2) is 29.6 Å². The van der Waals surface area contributed by atoms with Crippen LogP contribution < -0.4 is 0 Å². The molecular weight excluding hydrogens is 354 g/mol. The maximum absolute atomic E-state index is 10.0. The van der Waals surface area contributed by atoms with Crippen LogP contribution in [0.25, 0.3) is 0 Å². The van der Waals surface area contributed by atoms with Gasteiger partial charge < -0.3 is 10.0 Å². The molecule has 146 valence electrons. The number of aromatic hydroxyl groups is 1. The summed E-state index contributed by atoms with van der Waals surface area (Å²) < 4.78 is 0. The number of hydrogen-bond acceptors (Lipinski definition) is 2. The SMILES string of the molecule is Cc1ccc(CCN2CCC3(c4cccc(O)c4)CCCCC3C2)cc1.Cl. The van der Waals surface area contributed by atoms with Crippen molar-refractivity contribution in [3.8, 4) is 5.75 Å². The van der Waals surface area contributed by atoms with E-state index in [0.29, 0.717) is 5.75 Å². The Balaban J connectivity index is 0.00000210. The number of nitrogens with zero attached hydrogens (tertiary/aromatic N) is 1. The number of likely N-dealkylation sites (tertiary alicyclic amines) is 1. The van der Waals surface area contributed by atoms with E-state index in [4.69, 9.17) is 0 Å². The first-order valence-corrected chi connectivity index (χ1v) is 10.2. The van der Waals surface area contributed by atoms with Crippen molar-refractivity contribution < 1.29 is 5.11 Å². The number of phenolic OH excluding ortho intramolecular Hbond substituents is 1. The van der Waals surface area contributed by atoms with Crippen LogP contribution in [0.3, 0.4) is 0 Å². The highest BCUT2D eigenvalue weighted by Crippen LogP contribution is 2.49. The lowest BCUT2D eigenvalue weighted by Crippen LogP contribution is -2.51. The second-order valence-corrected chi connectivity index (χ2v) is 8.44. The third-order valence-electron chi connectivity index (χ3n) is 6.82. The molecular formula is C24H32ClNO. The van der Waals surface area contributed by atoms with Crippen molar-refractivity contribution >= 4 is 12.4 Å². The maximum atomic E-state index is 10.0. The van der Waals surface area contributed by atoms with Crippen LogP contribution in [0.4, 0.5) is 0 Å². The van der Waals surface area contributed by atoms with Crippen LogP contribution in [0.5, 0.6) is 5.75 Å². The average Bonchev–Trinajstić information content (AvgIpc) is 2.67. The van der Waals surface area contributed by atoms with Gasteiger partial charge in [0.05, 0.1) is 0 Å². The van der Waals surface area contributed by atoms with Crippen LogP contribution in [0, 0.1) is 12.8 Å². The van der Waals surface area contributed by atoms with Crippen molar-refractivity contribution in [2.24, 2.45) is 5.92 Å². The van der Waals surface area contributed by atoms with Gasteiger partial charge in [0.25, 0.3) is 0 Å². The topological polar surface area (TPSA) is 23.5 Å². The molecule has 1 saturated heterocycles. The Labute approximate surface area is 170 Å². The molecule has 1 heterocycles. The summed E-state index contributed by atoms with van der Waals surface area (Å²) in [4.78, 5) is 2.68. The van der Waals surface area contributed by atoms with Crippen LogP contribution >= 0.6 is 12.4 Å². The number of halogens is 1. The first-order chi connectivity index (χ1) is 12.7. The standard InChI is InChI=1S/C24H31NO.ClH/c1-19-8-10-20(11-9-19)12-15-25-16-14-24(13-3-2-5-22(24)18-25)21-6-4-7-23(26)17-21;/h4,6-11,17,22,26H,2-3,5,12-16,18H2,1H3;1H. The van der Waals surface area contributed by atoms with Crippen molar-refractivity contribution in [1.29, 1.82) is 0 Å². The fraction of sp³-hybridized carbons (Fsp3) is 0.500. The molecule has 2 atom stereocenters. The number of phenols is 1. The lowest BCUT2D eigenvalue weighted by Gasteiger charge is -2.51. The Bertz CT molecular complexity index is 744. The van der Waals surface area contributed by atoms with E-state index in [1.807, 2.05) is 12.1 Å². The number of aryl methyl sites for hydroxylation is 1. The van der Waals surface area contributed by atoms with E-state index in [1.54, 1.807) is 6.07 Å². The minimum absolute atomic E-state index is 0. The summed E-state index contributed by atoms with van der Waals surface area (Å²) in [6.07, 6.45) is 7.68. The molecule has 0 spiro atoms. The van der Waals surface area contributed by atoms with Crippen molar-refractivity contribution in [2.45, 2.75) is 50.9 Å². The molecule has 4 rings (SSSR count). The van der Waals surface area contributed by atoms with E-state index >= 15 is 0 Å². The predicted molar refractivity (Wildman–Crippen MR) is 115 cm³/mol. The van der Waals surface area contributed by atoms with Gasteiger partial charge >= 0.3 is 0 Å². The van der Waals surface area contributed by atoms with Crippen LogP contribution in [-0.2, 0) is 11.8 Å². The average molecular weight is 386 g/mol. The first-order valence-electron chi connectivity index (χ1n) is 10.2. The zero-order chi connectivity index (χ0) is 18.0. The van der Waals surface area contributed by atoms with E-state index in [1.165, 1.54) is 61.9 Å². The fourth-order valence-electron chi connectivity index (χ4n) is 5.25. The molecule has 1 aliphatic heterocycles. The van der Waals surface area contributed by atoms with Crippen molar-refractivity contribution in [3.63, 3.8) is 0 Å². The lowest BCUT2D eigenvalue weighted by molar-refractivity contribution is 0.0568. The minimum atomic E-state index is 0. The number of fused-ring (bicyclic) bond motifs is 1. The molecule has 0 aromatic heterocycles. The molecule has 3 heteroatoms. The molecule has 1 N–H and O–H groups in total. The number of benzene rings is 2. The van der Waals surface area contributed by atoms with E-state index in [9.17, 15) is 5.11 Å². The van der Waals surface area contributed by atoms with Gasteiger partial charge in [-0.05, 0) is 68.3 Å². The molecule has 0 radical (unpaired) electrons. The third kappa shape index (κ3) is 4.33. The summed E-state index contributed by atoms with van der Waals surface area (Å²) in [6, 6.07) is 17.1. The molecule has 1 aliphatic carbocycles. The van der Waals surface area contributed by atoms with Gasteiger partial charge in [-0.1, -0.05) is 54.8 Å². The van der Waals surface area contributed by atoms with Crippen LogP contribution in [0.15, 0.2) is 48.5 Å². The Morgan fingerprint density at radius 2 is 1.89 bits per heavy atom. The molecule has 2 nitrogen and oxygen atoms in total. The summed E-state index contributed by atoms with van der Waals surface area (Å²) in [5.41, 5.74) is 4.45. The lowest BCUT2D eigenvalue weighted by atomic mass is 9.59. The highest BCUT2D eigenvalue weighted by molar-refractivity contribution is 5.85. The van der Waals surface area contributed by atoms with Gasteiger partial charge in [-0.15, -0.1) is 12.4 Å². The van der Waals surface area contributed by atoms with Gasteiger partial charge in [0, 0.05) is 18.5 Å². The largest absolute Gasteiger partial charge is 0.508 e. The van der Waals surface area contributed by atoms with Gasteiger partial charge in [0.15, 0.2) is 0 Å². The highest BCUT2D eigenvalue weighted by atomic mass is 35.5. The van der Waals surface area contributed by atoms with Crippen molar-refractivity contribution in [1.82, 2.24) is 4.90 Å². The Morgan fingerprint density at radius 1 is 1.07 bits per heavy atom. The second kappa shape index (κ2) is 8.67. The van der Waals surface area contributed by atoms with Crippen LogP contribution in [0.1, 0.15) is 48.8 Å². The maximum Gasteiger partial charge on any atom is 0.115 e. The Morgan fingerprint density at radius 3 is 2.67 bits per heavy atom. The fourth-order valence-corrected chi connectivity index (χ4v) is 5.25. The van der Waals surface area contributed by atoms with E-state index in [-0.39, 0.29) is 17.8 Å². The molecule has 2 unspecified atom stereocenters. The quantitative estimate of drug-likeness (QED) is 0.751. The van der Waals surface area contributed by atoms with Crippen molar-refractivity contribution in [2.75, 3.05) is 19.6 Å². The number of piperidine rings is 1. The van der Waals surface area contributed by atoms with E-state index < -0.39 is 0 Å². The highest BCUT2D eigenvalue weighted by Gasteiger charge is 2.45. The molecule has 2 aromatic rings. The summed E-state index contributed by atoms with van der Waals surface area (Å²) in [5, 5.41) is 10.0. The van der Waals surface area contributed by atoms with Gasteiger partial charge in [-0.2, -0.15) is 0 Å². The first kappa shape index (κ1) is 20.2. The number of rotatable bonds is 4. The molecule has 1 saturated carbocycles. The monoisotopic (exact) mass is 385 g/mol. The molecule has 0 amide bonds.